The monoisotopic (exact) mass is 520 g/mol. The van der Waals surface area contributed by atoms with Crippen LogP contribution < -0.4 is 0 Å². The first-order valence-electron chi connectivity index (χ1n) is 15.8. The molecule has 0 aromatic rings. The van der Waals surface area contributed by atoms with Crippen molar-refractivity contribution in [3.05, 3.63) is 24.3 Å². The molecule has 0 bridgehead atoms. The number of carbonyl (C=O) groups excluding carboxylic acids is 1. The van der Waals surface area contributed by atoms with Crippen molar-refractivity contribution in [2.24, 2.45) is 0 Å². The van der Waals surface area contributed by atoms with Crippen molar-refractivity contribution in [2.75, 3.05) is 0 Å². The molecule has 0 saturated carbocycles. The molecule has 0 spiro atoms. The SMILES string of the molecule is CCCCC/C=C\C(CCCCCCC(=O)O)OC(=O)CCCCCCC/C=C\CCCCCCCC. The van der Waals surface area contributed by atoms with Crippen LogP contribution >= 0.6 is 0 Å². The van der Waals surface area contributed by atoms with Gasteiger partial charge in [-0.3, -0.25) is 9.59 Å². The molecule has 0 rings (SSSR count). The third-order valence-corrected chi connectivity index (χ3v) is 6.88. The molecule has 1 unspecified atom stereocenters. The zero-order valence-electron chi connectivity index (χ0n) is 24.5. The predicted octanol–water partition coefficient (Wildman–Crippen LogP) is 10.5. The number of hydrogen-bond donors (Lipinski definition) is 1. The summed E-state index contributed by atoms with van der Waals surface area (Å²) in [6, 6.07) is 0. The Kier molecular flexibility index (Phi) is 27.7. The molecule has 0 aliphatic rings. The van der Waals surface area contributed by atoms with Crippen molar-refractivity contribution in [1.82, 2.24) is 0 Å². The van der Waals surface area contributed by atoms with Crippen molar-refractivity contribution < 1.29 is 19.4 Å². The topological polar surface area (TPSA) is 63.6 Å². The maximum Gasteiger partial charge on any atom is 0.306 e. The molecule has 0 amide bonds. The molecule has 37 heavy (non-hydrogen) atoms. The molecule has 4 heteroatoms. The molecule has 0 aliphatic carbocycles. The Labute approximate surface area is 229 Å². The van der Waals surface area contributed by atoms with Crippen molar-refractivity contribution in [3.63, 3.8) is 0 Å². The summed E-state index contributed by atoms with van der Waals surface area (Å²) in [4.78, 5) is 23.0. The van der Waals surface area contributed by atoms with E-state index in [1.165, 1.54) is 89.9 Å². The highest BCUT2D eigenvalue weighted by Gasteiger charge is 2.11. The fourth-order valence-corrected chi connectivity index (χ4v) is 4.50. The minimum Gasteiger partial charge on any atom is -0.481 e. The van der Waals surface area contributed by atoms with Gasteiger partial charge in [-0.05, 0) is 70.3 Å². The van der Waals surface area contributed by atoms with Crippen LogP contribution in [0.25, 0.3) is 0 Å². The maximum absolute atomic E-state index is 12.4. The van der Waals surface area contributed by atoms with Crippen LogP contribution in [0, 0.1) is 0 Å². The Hall–Kier alpha value is -1.58. The molecule has 4 nitrogen and oxygen atoms in total. The van der Waals surface area contributed by atoms with E-state index in [0.717, 1.165) is 51.4 Å². The first kappa shape index (κ1) is 35.4. The quantitative estimate of drug-likeness (QED) is 0.0633. The summed E-state index contributed by atoms with van der Waals surface area (Å²) in [5.74, 6) is -0.802. The lowest BCUT2D eigenvalue weighted by molar-refractivity contribution is -0.147. The van der Waals surface area contributed by atoms with Crippen molar-refractivity contribution in [1.29, 1.82) is 0 Å². The lowest BCUT2D eigenvalue weighted by Crippen LogP contribution is -2.16. The number of carboxylic acids is 1. The lowest BCUT2D eigenvalue weighted by Gasteiger charge is -2.15. The van der Waals surface area contributed by atoms with E-state index in [4.69, 9.17) is 9.84 Å². The fraction of sp³-hybridized carbons (Fsp3) is 0.818. The van der Waals surface area contributed by atoms with Gasteiger partial charge in [0.05, 0.1) is 0 Å². The standard InChI is InChI=1S/C33H60O4/c1-3-5-7-9-10-11-12-13-14-15-16-17-18-20-26-30-33(36)37-31(27-23-19-8-6-4-2)28-24-21-22-25-29-32(34)35/h13-14,23,27,31H,3-12,15-22,24-26,28-30H2,1-2H3,(H,34,35)/b14-13-,27-23-. The van der Waals surface area contributed by atoms with Gasteiger partial charge in [-0.1, -0.05) is 109 Å². The van der Waals surface area contributed by atoms with Crippen LogP contribution in [0.2, 0.25) is 0 Å². The van der Waals surface area contributed by atoms with Gasteiger partial charge in [-0.25, -0.2) is 0 Å². The van der Waals surface area contributed by atoms with Crippen molar-refractivity contribution in [2.45, 2.75) is 174 Å². The third kappa shape index (κ3) is 28.8. The summed E-state index contributed by atoms with van der Waals surface area (Å²) in [7, 11) is 0. The van der Waals surface area contributed by atoms with Gasteiger partial charge in [0.1, 0.15) is 6.10 Å². The molecular weight excluding hydrogens is 460 g/mol. The number of hydrogen-bond acceptors (Lipinski definition) is 3. The maximum atomic E-state index is 12.4. The molecule has 1 N–H and O–H groups in total. The van der Waals surface area contributed by atoms with Gasteiger partial charge < -0.3 is 9.84 Å². The number of allylic oxidation sites excluding steroid dienone is 3. The second kappa shape index (κ2) is 29.0. The second-order valence-corrected chi connectivity index (χ2v) is 10.6. The molecule has 0 aromatic heterocycles. The molecule has 216 valence electrons. The van der Waals surface area contributed by atoms with Gasteiger partial charge in [0, 0.05) is 12.8 Å². The minimum absolute atomic E-state index is 0.0771. The summed E-state index contributed by atoms with van der Waals surface area (Å²) in [5, 5.41) is 8.75. The number of esters is 1. The second-order valence-electron chi connectivity index (χ2n) is 10.6. The van der Waals surface area contributed by atoms with Crippen LogP contribution in [0.5, 0.6) is 0 Å². The fourth-order valence-electron chi connectivity index (χ4n) is 4.50. The summed E-state index contributed by atoms with van der Waals surface area (Å²) in [6.45, 7) is 4.47. The average Bonchev–Trinajstić information content (AvgIpc) is 2.87. The first-order valence-corrected chi connectivity index (χ1v) is 15.8. The zero-order chi connectivity index (χ0) is 27.2. The molecule has 0 radical (unpaired) electrons. The number of unbranched alkanes of at least 4 members (excludes halogenated alkanes) is 17. The van der Waals surface area contributed by atoms with Crippen molar-refractivity contribution >= 4 is 11.9 Å². The first-order chi connectivity index (χ1) is 18.1. The van der Waals surface area contributed by atoms with E-state index in [0.29, 0.717) is 6.42 Å². The van der Waals surface area contributed by atoms with Crippen LogP contribution in [0.4, 0.5) is 0 Å². The largest absolute Gasteiger partial charge is 0.481 e. The van der Waals surface area contributed by atoms with Gasteiger partial charge in [0.15, 0.2) is 0 Å². The van der Waals surface area contributed by atoms with E-state index in [-0.39, 0.29) is 18.5 Å². The number of rotatable bonds is 28. The smallest absolute Gasteiger partial charge is 0.306 e. The molecule has 0 saturated heterocycles. The normalized spacial score (nSPS) is 12.5. The van der Waals surface area contributed by atoms with Gasteiger partial charge in [-0.2, -0.15) is 0 Å². The van der Waals surface area contributed by atoms with E-state index in [1.54, 1.807) is 0 Å². The molecule has 0 heterocycles. The predicted molar refractivity (Wildman–Crippen MR) is 158 cm³/mol. The Morgan fingerprint density at radius 2 is 1.05 bits per heavy atom. The van der Waals surface area contributed by atoms with E-state index < -0.39 is 5.97 Å². The van der Waals surface area contributed by atoms with Gasteiger partial charge in [-0.15, -0.1) is 0 Å². The summed E-state index contributed by atoms with van der Waals surface area (Å²) in [5.41, 5.74) is 0. The Morgan fingerprint density at radius 3 is 1.68 bits per heavy atom. The van der Waals surface area contributed by atoms with Crippen molar-refractivity contribution in [3.8, 4) is 0 Å². The van der Waals surface area contributed by atoms with Crippen LogP contribution in [0.3, 0.4) is 0 Å². The van der Waals surface area contributed by atoms with Crippen LogP contribution in [0.1, 0.15) is 168 Å². The minimum atomic E-state index is -0.725. The average molecular weight is 521 g/mol. The highest BCUT2D eigenvalue weighted by molar-refractivity contribution is 5.69. The molecule has 0 aromatic carbocycles. The Balaban J connectivity index is 3.91. The van der Waals surface area contributed by atoms with Crippen LogP contribution in [-0.2, 0) is 14.3 Å². The van der Waals surface area contributed by atoms with Gasteiger partial charge >= 0.3 is 11.9 Å². The Morgan fingerprint density at radius 1 is 0.595 bits per heavy atom. The van der Waals surface area contributed by atoms with Crippen LogP contribution in [-0.4, -0.2) is 23.1 Å². The number of carbonyl (C=O) groups is 2. The lowest BCUT2D eigenvalue weighted by atomic mass is 10.1. The highest BCUT2D eigenvalue weighted by atomic mass is 16.5. The Bertz CT molecular complexity index is 567. The van der Waals surface area contributed by atoms with E-state index in [2.05, 4.69) is 38.2 Å². The number of ether oxygens (including phenoxy) is 1. The molecule has 1 atom stereocenters. The van der Waals surface area contributed by atoms with E-state index >= 15 is 0 Å². The molecule has 0 fully saturated rings. The zero-order valence-corrected chi connectivity index (χ0v) is 24.5. The van der Waals surface area contributed by atoms with E-state index in [1.807, 2.05) is 0 Å². The van der Waals surface area contributed by atoms with Gasteiger partial charge in [0.25, 0.3) is 0 Å². The van der Waals surface area contributed by atoms with E-state index in [9.17, 15) is 9.59 Å². The summed E-state index contributed by atoms with van der Waals surface area (Å²) >= 11 is 0. The van der Waals surface area contributed by atoms with Gasteiger partial charge in [0.2, 0.25) is 0 Å². The highest BCUT2D eigenvalue weighted by Crippen LogP contribution is 2.15. The van der Waals surface area contributed by atoms with Crippen LogP contribution in [0.15, 0.2) is 24.3 Å². The summed E-state index contributed by atoms with van der Waals surface area (Å²) in [6.07, 6.45) is 34.9. The molecular formula is C33H60O4. The number of aliphatic carboxylic acids is 1. The third-order valence-electron chi connectivity index (χ3n) is 6.88. The molecule has 0 aliphatic heterocycles. The summed E-state index contributed by atoms with van der Waals surface area (Å²) < 4.78 is 5.79. The number of carboxylic acid groups (broad SMARTS) is 1.